The number of hydrogen-bond acceptors (Lipinski definition) is 6. The number of aliphatic hydroxyl groups is 1. The minimum atomic E-state index is -0.975. The summed E-state index contributed by atoms with van der Waals surface area (Å²) in [5, 5.41) is 14.7. The number of carbonyl (C=O) groups excluding carboxylic acids is 3. The van der Waals surface area contributed by atoms with Gasteiger partial charge in [-0.3, -0.25) is 19.4 Å². The number of nitrogens with one attached hydrogen (secondary N) is 2. The van der Waals surface area contributed by atoms with E-state index in [9.17, 15) is 19.5 Å². The molecule has 1 saturated heterocycles. The van der Waals surface area contributed by atoms with Gasteiger partial charge in [0.25, 0.3) is 5.91 Å². The molecule has 4 aromatic rings. The molecule has 1 aliphatic rings. The minimum absolute atomic E-state index is 0.0268. The van der Waals surface area contributed by atoms with Gasteiger partial charge in [0, 0.05) is 67.5 Å². The van der Waals surface area contributed by atoms with Crippen LogP contribution in [0, 0.1) is 0 Å². The Labute approximate surface area is 236 Å². The molecule has 3 atom stereocenters. The van der Waals surface area contributed by atoms with Crippen LogP contribution < -0.4 is 5.32 Å². The Bertz CT molecular complexity index is 1530. The molecule has 2 aromatic carbocycles. The van der Waals surface area contributed by atoms with Crippen LogP contribution in [0.3, 0.4) is 0 Å². The van der Waals surface area contributed by atoms with Gasteiger partial charge in [0.1, 0.15) is 17.8 Å². The highest BCUT2D eigenvalue weighted by molar-refractivity contribution is 6.31. The summed E-state index contributed by atoms with van der Waals surface area (Å²) in [6.45, 7) is 0.221. The maximum Gasteiger partial charge on any atom is 0.274 e. The van der Waals surface area contributed by atoms with Crippen LogP contribution in [0.2, 0.25) is 5.02 Å². The molecule has 0 spiro atoms. The van der Waals surface area contributed by atoms with Crippen molar-refractivity contribution in [1.29, 1.82) is 0 Å². The fourth-order valence-electron chi connectivity index (χ4n) is 5.06. The first-order valence-corrected chi connectivity index (χ1v) is 13.3. The molecule has 3 heterocycles. The Kier molecular flexibility index (Phi) is 8.09. The van der Waals surface area contributed by atoms with Crippen molar-refractivity contribution in [3.63, 3.8) is 0 Å². The average Bonchev–Trinajstić information content (AvgIpc) is 3.57. The van der Waals surface area contributed by atoms with E-state index in [0.717, 1.165) is 22.0 Å². The lowest BCUT2D eigenvalue weighted by Crippen LogP contribution is -2.54. The second kappa shape index (κ2) is 11.8. The Hall–Kier alpha value is -4.28. The number of carbonyl (C=O) groups is 3. The fraction of sp³-hybridized carbons (Fsp3) is 0.276. The largest absolute Gasteiger partial charge is 0.391 e. The summed E-state index contributed by atoms with van der Waals surface area (Å²) in [5.74, 6) is -1.36. The van der Waals surface area contributed by atoms with Crippen LogP contribution in [0.4, 0.5) is 0 Å². The molecule has 0 saturated carbocycles. The summed E-state index contributed by atoms with van der Waals surface area (Å²) in [4.78, 5) is 54.5. The lowest BCUT2D eigenvalue weighted by molar-refractivity contribution is -0.136. The van der Waals surface area contributed by atoms with Gasteiger partial charge in [0.05, 0.1) is 12.3 Å². The molecule has 0 radical (unpaired) electrons. The zero-order chi connectivity index (χ0) is 28.2. The molecule has 5 rings (SSSR count). The van der Waals surface area contributed by atoms with E-state index in [2.05, 4.69) is 20.3 Å². The van der Waals surface area contributed by atoms with Crippen LogP contribution in [0.1, 0.15) is 28.0 Å². The molecule has 2 aromatic heterocycles. The van der Waals surface area contributed by atoms with Crippen LogP contribution in [0.5, 0.6) is 0 Å². The molecule has 0 aliphatic carbocycles. The maximum absolute atomic E-state index is 13.8. The molecule has 3 N–H and O–H groups in total. The molecule has 206 valence electrons. The van der Waals surface area contributed by atoms with Crippen molar-refractivity contribution in [2.24, 2.45) is 0 Å². The third-order valence-electron chi connectivity index (χ3n) is 7.08. The van der Waals surface area contributed by atoms with E-state index in [1.807, 2.05) is 48.7 Å². The Morgan fingerprint density at radius 2 is 1.93 bits per heavy atom. The van der Waals surface area contributed by atoms with Crippen LogP contribution >= 0.6 is 11.6 Å². The summed E-state index contributed by atoms with van der Waals surface area (Å²) in [6, 6.07) is 13.1. The number of likely N-dealkylation sites (N-methyl/N-ethyl adjacent to an activating group) is 1. The van der Waals surface area contributed by atoms with Gasteiger partial charge in [-0.25, -0.2) is 4.98 Å². The third-order valence-corrected chi connectivity index (χ3v) is 7.45. The summed E-state index contributed by atoms with van der Waals surface area (Å²) >= 11 is 6.33. The zero-order valence-electron chi connectivity index (χ0n) is 21.8. The van der Waals surface area contributed by atoms with Gasteiger partial charge in [-0.1, -0.05) is 48.0 Å². The molecule has 1 fully saturated rings. The van der Waals surface area contributed by atoms with Gasteiger partial charge >= 0.3 is 0 Å². The third kappa shape index (κ3) is 5.83. The molecular formula is C29H29ClN6O4. The number of aromatic nitrogens is 3. The molecule has 3 amide bonds. The predicted octanol–water partition coefficient (Wildman–Crippen LogP) is 2.57. The predicted molar refractivity (Wildman–Crippen MR) is 149 cm³/mol. The van der Waals surface area contributed by atoms with Crippen molar-refractivity contribution in [3.05, 3.63) is 95.2 Å². The van der Waals surface area contributed by atoms with Crippen LogP contribution in [0.15, 0.2) is 73.3 Å². The Morgan fingerprint density at radius 1 is 1.15 bits per heavy atom. The first-order chi connectivity index (χ1) is 19.3. The molecule has 2 unspecified atom stereocenters. The number of amides is 3. The number of H-pyrrole nitrogens is 1. The van der Waals surface area contributed by atoms with E-state index in [1.165, 1.54) is 28.4 Å². The first kappa shape index (κ1) is 27.3. The number of rotatable bonds is 8. The number of hydrogen-bond donors (Lipinski definition) is 3. The van der Waals surface area contributed by atoms with Crippen molar-refractivity contribution in [2.45, 2.75) is 37.6 Å². The fourth-order valence-corrected chi connectivity index (χ4v) is 5.25. The normalized spacial score (nSPS) is 17.5. The summed E-state index contributed by atoms with van der Waals surface area (Å²) in [6.07, 6.45) is 5.35. The highest BCUT2D eigenvalue weighted by Gasteiger charge is 2.41. The van der Waals surface area contributed by atoms with Gasteiger partial charge in [0.15, 0.2) is 0 Å². The maximum atomic E-state index is 13.8. The molecule has 0 bridgehead atoms. The van der Waals surface area contributed by atoms with Gasteiger partial charge < -0.3 is 25.2 Å². The zero-order valence-corrected chi connectivity index (χ0v) is 22.6. The van der Waals surface area contributed by atoms with E-state index in [1.54, 1.807) is 13.1 Å². The van der Waals surface area contributed by atoms with Crippen molar-refractivity contribution >= 4 is 40.2 Å². The standard InChI is InChI=1S/C29H29ClN6O4/c1-35(16-18-6-2-4-8-22(18)30)28(39)24(12-19-14-33-23-9-5-3-7-21(19)23)34-27(38)26-13-20(37)17-36(26)29(40)25-15-31-10-11-32-25/h2-11,14-15,20,24,26,33,37H,12-13,16-17H2,1H3,(H,34,38)/t20-,24?,26?/m1/s1. The molecule has 10 nitrogen and oxygen atoms in total. The second-order valence-electron chi connectivity index (χ2n) is 9.86. The van der Waals surface area contributed by atoms with Gasteiger partial charge in [-0.05, 0) is 23.3 Å². The Morgan fingerprint density at radius 3 is 2.70 bits per heavy atom. The average molecular weight is 561 g/mol. The summed E-state index contributed by atoms with van der Waals surface area (Å²) in [5.41, 5.74) is 2.62. The van der Waals surface area contributed by atoms with Crippen LogP contribution in [-0.4, -0.2) is 79.4 Å². The number of β-amino-alcohol motifs (C(OH)–C–C–N with tert-alkyl or cyclic N) is 1. The quantitative estimate of drug-likeness (QED) is 0.303. The van der Waals surface area contributed by atoms with Crippen LogP contribution in [-0.2, 0) is 22.6 Å². The number of aromatic amines is 1. The van der Waals surface area contributed by atoms with Gasteiger partial charge in [-0.2, -0.15) is 0 Å². The van der Waals surface area contributed by atoms with Gasteiger partial charge in [-0.15, -0.1) is 0 Å². The lowest BCUT2D eigenvalue weighted by Gasteiger charge is -2.28. The second-order valence-corrected chi connectivity index (χ2v) is 10.3. The molecule has 11 heteroatoms. The molecule has 40 heavy (non-hydrogen) atoms. The van der Waals surface area contributed by atoms with E-state index in [4.69, 9.17) is 11.6 Å². The topological polar surface area (TPSA) is 132 Å². The monoisotopic (exact) mass is 560 g/mol. The number of fused-ring (bicyclic) bond motifs is 1. The van der Waals surface area contributed by atoms with E-state index < -0.39 is 30.0 Å². The number of aliphatic hydroxyl groups excluding tert-OH is 1. The molecular weight excluding hydrogens is 532 g/mol. The number of para-hydroxylation sites is 1. The van der Waals surface area contributed by atoms with Crippen molar-refractivity contribution in [1.82, 2.24) is 30.1 Å². The van der Waals surface area contributed by atoms with E-state index in [-0.39, 0.29) is 37.5 Å². The minimum Gasteiger partial charge on any atom is -0.391 e. The van der Waals surface area contributed by atoms with Gasteiger partial charge in [0.2, 0.25) is 11.8 Å². The Balaban J connectivity index is 1.40. The summed E-state index contributed by atoms with van der Waals surface area (Å²) < 4.78 is 0. The van der Waals surface area contributed by atoms with Crippen LogP contribution in [0.25, 0.3) is 10.9 Å². The van der Waals surface area contributed by atoms with E-state index >= 15 is 0 Å². The highest BCUT2D eigenvalue weighted by atomic mass is 35.5. The number of nitrogens with zero attached hydrogens (tertiary/aromatic N) is 4. The lowest BCUT2D eigenvalue weighted by atomic mass is 10.0. The first-order valence-electron chi connectivity index (χ1n) is 12.9. The summed E-state index contributed by atoms with van der Waals surface area (Å²) in [7, 11) is 1.66. The highest BCUT2D eigenvalue weighted by Crippen LogP contribution is 2.23. The van der Waals surface area contributed by atoms with E-state index in [0.29, 0.717) is 5.02 Å². The smallest absolute Gasteiger partial charge is 0.274 e. The van der Waals surface area contributed by atoms with Crippen molar-refractivity contribution < 1.29 is 19.5 Å². The SMILES string of the molecule is CN(Cc1ccccc1Cl)C(=O)C(Cc1c[nH]c2ccccc12)NC(=O)C1C[C@@H](O)CN1C(=O)c1cnccn1. The van der Waals surface area contributed by atoms with Crippen molar-refractivity contribution in [2.75, 3.05) is 13.6 Å². The number of likely N-dealkylation sites (tertiary alicyclic amines) is 1. The number of halogens is 1. The number of benzene rings is 2. The van der Waals surface area contributed by atoms with Crippen molar-refractivity contribution in [3.8, 4) is 0 Å². The molecule has 1 aliphatic heterocycles.